The van der Waals surface area contributed by atoms with Crippen molar-refractivity contribution < 1.29 is 0 Å². The van der Waals surface area contributed by atoms with Gasteiger partial charge in [0, 0.05) is 18.5 Å². The second-order valence-corrected chi connectivity index (χ2v) is 5.51. The van der Waals surface area contributed by atoms with E-state index < -0.39 is 0 Å². The van der Waals surface area contributed by atoms with E-state index in [1.54, 1.807) is 0 Å². The van der Waals surface area contributed by atoms with Crippen molar-refractivity contribution >= 4 is 12.2 Å². The normalized spacial score (nSPS) is 12.0. The fourth-order valence-corrected chi connectivity index (χ4v) is 1.95. The summed E-state index contributed by atoms with van der Waals surface area (Å²) in [5.74, 6) is 1.47. The Bertz CT molecular complexity index is 391. The molecular weight excluding hydrogens is 232 g/mol. The molecular formula is C12H24N4S. The summed E-state index contributed by atoms with van der Waals surface area (Å²) in [4.78, 5) is 2.35. The molecule has 1 aromatic heterocycles. The van der Waals surface area contributed by atoms with Crippen molar-refractivity contribution in [2.24, 2.45) is 0 Å². The van der Waals surface area contributed by atoms with Gasteiger partial charge in [-0.05, 0) is 46.1 Å². The van der Waals surface area contributed by atoms with Crippen LogP contribution in [0.5, 0.6) is 0 Å². The Balaban J connectivity index is 2.57. The molecule has 0 atom stereocenters. The topological polar surface area (TPSA) is 36.9 Å². The molecule has 0 amide bonds. The third-order valence-corrected chi connectivity index (χ3v) is 3.39. The second kappa shape index (κ2) is 6.31. The van der Waals surface area contributed by atoms with Gasteiger partial charge in [-0.25, -0.2) is 0 Å². The molecule has 0 saturated carbocycles. The summed E-state index contributed by atoms with van der Waals surface area (Å²) in [6.07, 6.45) is 1.10. The van der Waals surface area contributed by atoms with Gasteiger partial charge in [0.25, 0.3) is 0 Å². The zero-order valence-corrected chi connectivity index (χ0v) is 12.3. The van der Waals surface area contributed by atoms with Crippen molar-refractivity contribution in [1.82, 2.24) is 19.7 Å². The summed E-state index contributed by atoms with van der Waals surface area (Å²) in [6.45, 7) is 10.7. The average molecular weight is 256 g/mol. The van der Waals surface area contributed by atoms with Crippen LogP contribution >= 0.6 is 12.2 Å². The predicted molar refractivity (Wildman–Crippen MR) is 73.9 cm³/mol. The quantitative estimate of drug-likeness (QED) is 0.795. The van der Waals surface area contributed by atoms with Gasteiger partial charge in [-0.3, -0.25) is 5.10 Å². The van der Waals surface area contributed by atoms with Crippen molar-refractivity contribution in [3.05, 3.63) is 10.6 Å². The van der Waals surface area contributed by atoms with E-state index in [4.69, 9.17) is 12.2 Å². The smallest absolute Gasteiger partial charge is 0.195 e. The number of hydrogen-bond acceptors (Lipinski definition) is 3. The first-order valence-electron chi connectivity index (χ1n) is 6.28. The number of aromatic amines is 1. The minimum atomic E-state index is 0.408. The molecule has 4 nitrogen and oxygen atoms in total. The summed E-state index contributed by atoms with van der Waals surface area (Å²) < 4.78 is 2.86. The van der Waals surface area contributed by atoms with Crippen molar-refractivity contribution in [1.29, 1.82) is 0 Å². The zero-order valence-electron chi connectivity index (χ0n) is 11.5. The van der Waals surface area contributed by atoms with Crippen LogP contribution in [0.4, 0.5) is 0 Å². The van der Waals surface area contributed by atoms with Crippen molar-refractivity contribution in [2.75, 3.05) is 13.6 Å². The highest BCUT2D eigenvalue weighted by atomic mass is 32.1. The van der Waals surface area contributed by atoms with Crippen molar-refractivity contribution in [3.63, 3.8) is 0 Å². The summed E-state index contributed by atoms with van der Waals surface area (Å²) in [5.41, 5.74) is 0. The molecule has 0 aliphatic rings. The first kappa shape index (κ1) is 14.4. The number of nitrogens with one attached hydrogen (secondary N) is 1. The van der Waals surface area contributed by atoms with Crippen LogP contribution in [0, 0.1) is 4.77 Å². The molecule has 98 valence electrons. The Morgan fingerprint density at radius 3 is 2.53 bits per heavy atom. The first-order valence-corrected chi connectivity index (χ1v) is 6.69. The minimum absolute atomic E-state index is 0.408. The van der Waals surface area contributed by atoms with Gasteiger partial charge in [0.05, 0.1) is 0 Å². The molecule has 0 unspecified atom stereocenters. The van der Waals surface area contributed by atoms with Crippen LogP contribution in [-0.2, 0) is 6.54 Å². The summed E-state index contributed by atoms with van der Waals surface area (Å²) in [5, 5.41) is 7.16. The Labute approximate surface area is 109 Å². The highest BCUT2D eigenvalue weighted by Gasteiger charge is 2.10. The van der Waals surface area contributed by atoms with Crippen LogP contribution in [0.1, 0.15) is 45.9 Å². The maximum absolute atomic E-state index is 5.25. The molecule has 0 radical (unpaired) electrons. The van der Waals surface area contributed by atoms with E-state index in [-0.39, 0.29) is 0 Å². The molecule has 0 aliphatic heterocycles. The largest absolute Gasteiger partial charge is 0.304 e. The maximum Gasteiger partial charge on any atom is 0.195 e. The van der Waals surface area contributed by atoms with E-state index in [1.807, 2.05) is 0 Å². The lowest BCUT2D eigenvalue weighted by Crippen LogP contribution is -2.28. The van der Waals surface area contributed by atoms with Crippen LogP contribution in [0.15, 0.2) is 0 Å². The van der Waals surface area contributed by atoms with Crippen LogP contribution < -0.4 is 0 Å². The second-order valence-electron chi connectivity index (χ2n) is 5.12. The molecule has 0 aromatic carbocycles. The Morgan fingerprint density at radius 2 is 2.00 bits per heavy atom. The Morgan fingerprint density at radius 1 is 1.35 bits per heavy atom. The molecule has 5 heteroatoms. The van der Waals surface area contributed by atoms with E-state index in [9.17, 15) is 0 Å². The lowest BCUT2D eigenvalue weighted by atomic mass is 10.2. The molecule has 1 rings (SSSR count). The fourth-order valence-electron chi connectivity index (χ4n) is 1.72. The Hall–Kier alpha value is -0.680. The molecule has 0 aliphatic carbocycles. The third kappa shape index (κ3) is 3.92. The van der Waals surface area contributed by atoms with Crippen molar-refractivity contribution in [2.45, 2.75) is 52.6 Å². The fraction of sp³-hybridized carbons (Fsp3) is 0.833. The summed E-state index contributed by atoms with van der Waals surface area (Å²) in [6, 6.07) is 0.594. The number of H-pyrrole nitrogens is 1. The SMILES string of the molecule is CC(C)c1n[nH]c(=S)n1CCCN(C)C(C)C. The highest BCUT2D eigenvalue weighted by molar-refractivity contribution is 7.71. The number of rotatable bonds is 6. The zero-order chi connectivity index (χ0) is 13.0. The van der Waals surface area contributed by atoms with Gasteiger partial charge in [0.15, 0.2) is 4.77 Å². The average Bonchev–Trinajstić information content (AvgIpc) is 2.60. The van der Waals surface area contributed by atoms with Gasteiger partial charge in [-0.2, -0.15) is 5.10 Å². The third-order valence-electron chi connectivity index (χ3n) is 3.08. The molecule has 0 spiro atoms. The summed E-state index contributed by atoms with van der Waals surface area (Å²) >= 11 is 5.25. The van der Waals surface area contributed by atoms with Gasteiger partial charge in [0.1, 0.15) is 5.82 Å². The lowest BCUT2D eigenvalue weighted by Gasteiger charge is -2.21. The van der Waals surface area contributed by atoms with Crippen LogP contribution in [-0.4, -0.2) is 39.3 Å². The lowest BCUT2D eigenvalue weighted by molar-refractivity contribution is 0.264. The monoisotopic (exact) mass is 256 g/mol. The van der Waals surface area contributed by atoms with E-state index in [0.29, 0.717) is 12.0 Å². The molecule has 1 N–H and O–H groups in total. The van der Waals surface area contributed by atoms with Crippen LogP contribution in [0.2, 0.25) is 0 Å². The molecule has 0 saturated heterocycles. The first-order chi connectivity index (χ1) is 7.93. The molecule has 1 aromatic rings. The van der Waals surface area contributed by atoms with Crippen LogP contribution in [0.25, 0.3) is 0 Å². The molecule has 0 fully saturated rings. The van der Waals surface area contributed by atoms with E-state index in [1.165, 1.54) is 0 Å². The van der Waals surface area contributed by atoms with Crippen molar-refractivity contribution in [3.8, 4) is 0 Å². The van der Waals surface area contributed by atoms with Gasteiger partial charge in [-0.15, -0.1) is 0 Å². The van der Waals surface area contributed by atoms with Crippen LogP contribution in [0.3, 0.4) is 0 Å². The molecule has 17 heavy (non-hydrogen) atoms. The van der Waals surface area contributed by atoms with Gasteiger partial charge in [0.2, 0.25) is 0 Å². The van der Waals surface area contributed by atoms with Gasteiger partial charge in [-0.1, -0.05) is 13.8 Å². The molecule has 0 bridgehead atoms. The summed E-state index contributed by atoms with van der Waals surface area (Å²) in [7, 11) is 2.16. The number of hydrogen-bond donors (Lipinski definition) is 1. The number of nitrogens with zero attached hydrogens (tertiary/aromatic N) is 3. The van der Waals surface area contributed by atoms with E-state index in [2.05, 4.69) is 54.4 Å². The van der Waals surface area contributed by atoms with Gasteiger partial charge < -0.3 is 9.47 Å². The van der Waals surface area contributed by atoms with E-state index in [0.717, 1.165) is 30.1 Å². The standard InChI is InChI=1S/C12H24N4S/c1-9(2)11-13-14-12(17)16(11)8-6-7-15(5)10(3)4/h9-10H,6-8H2,1-5H3,(H,14,17). The predicted octanol–water partition coefficient (Wildman–Crippen LogP) is 2.79. The Kier molecular flexibility index (Phi) is 5.33. The highest BCUT2D eigenvalue weighted by Crippen LogP contribution is 2.12. The maximum atomic E-state index is 5.25. The minimum Gasteiger partial charge on any atom is -0.304 e. The number of aromatic nitrogens is 3. The van der Waals surface area contributed by atoms with E-state index >= 15 is 0 Å². The molecule has 1 heterocycles. The van der Waals surface area contributed by atoms with Gasteiger partial charge >= 0.3 is 0 Å².